The van der Waals surface area contributed by atoms with Crippen molar-refractivity contribution >= 4 is 16.9 Å². The molecule has 1 aliphatic rings. The second-order valence-electron chi connectivity index (χ2n) is 9.36. The van der Waals surface area contributed by atoms with E-state index in [1.165, 1.54) is 0 Å². The first kappa shape index (κ1) is 24.7. The second kappa shape index (κ2) is 11.0. The molecule has 9 heteroatoms. The summed E-state index contributed by atoms with van der Waals surface area (Å²) in [7, 11) is 3.73. The number of aromatic nitrogens is 3. The van der Waals surface area contributed by atoms with Gasteiger partial charge in [-0.05, 0) is 68.0 Å². The lowest BCUT2D eigenvalue weighted by atomic mass is 10.0. The Morgan fingerprint density at radius 2 is 1.95 bits per heavy atom. The summed E-state index contributed by atoms with van der Waals surface area (Å²) < 4.78 is 5.39. The molecule has 0 spiro atoms. The highest BCUT2D eigenvalue weighted by atomic mass is 16.5. The fraction of sp³-hybridized carbons (Fsp3) is 0.321. The zero-order chi connectivity index (χ0) is 25.8. The van der Waals surface area contributed by atoms with Crippen LogP contribution < -0.4 is 10.1 Å². The maximum absolute atomic E-state index is 12.8. The van der Waals surface area contributed by atoms with Gasteiger partial charge in [0.1, 0.15) is 11.6 Å². The van der Waals surface area contributed by atoms with Crippen LogP contribution in [-0.4, -0.2) is 89.2 Å². The van der Waals surface area contributed by atoms with E-state index in [0.717, 1.165) is 55.8 Å². The molecule has 4 aromatic rings. The molecule has 9 nitrogen and oxygen atoms in total. The van der Waals surface area contributed by atoms with E-state index in [4.69, 9.17) is 4.74 Å². The van der Waals surface area contributed by atoms with Gasteiger partial charge in [-0.2, -0.15) is 0 Å². The van der Waals surface area contributed by atoms with Crippen LogP contribution in [0, 0.1) is 0 Å². The van der Waals surface area contributed by atoms with Crippen molar-refractivity contribution < 1.29 is 14.6 Å². The molecule has 37 heavy (non-hydrogen) atoms. The molecule has 3 N–H and O–H groups in total. The number of aromatic amines is 1. The number of carbonyl (C=O) groups excluding carboxylic acids is 1. The number of nitrogens with one attached hydrogen (secondary N) is 2. The molecule has 0 radical (unpaired) electrons. The zero-order valence-electron chi connectivity index (χ0n) is 21.2. The van der Waals surface area contributed by atoms with Gasteiger partial charge >= 0.3 is 0 Å². The lowest BCUT2D eigenvalue weighted by Crippen LogP contribution is -2.45. The van der Waals surface area contributed by atoms with E-state index in [2.05, 4.69) is 37.1 Å². The van der Waals surface area contributed by atoms with Crippen molar-refractivity contribution in [3.63, 3.8) is 0 Å². The maximum Gasteiger partial charge on any atom is 0.251 e. The van der Waals surface area contributed by atoms with Crippen LogP contribution in [0.25, 0.3) is 33.5 Å². The minimum Gasteiger partial charge on any atom is -0.507 e. The van der Waals surface area contributed by atoms with Crippen LogP contribution in [0.2, 0.25) is 0 Å². The average Bonchev–Trinajstić information content (AvgIpc) is 3.35. The Balaban J connectivity index is 1.28. The summed E-state index contributed by atoms with van der Waals surface area (Å²) >= 11 is 0. The van der Waals surface area contributed by atoms with Crippen LogP contribution in [0.3, 0.4) is 0 Å². The van der Waals surface area contributed by atoms with Crippen molar-refractivity contribution in [1.82, 2.24) is 30.1 Å². The molecule has 192 valence electrons. The number of carbonyl (C=O) groups is 1. The van der Waals surface area contributed by atoms with Crippen molar-refractivity contribution in [1.29, 1.82) is 0 Å². The number of amides is 1. The Bertz CT molecular complexity index is 1390. The first-order valence-corrected chi connectivity index (χ1v) is 12.5. The zero-order valence-corrected chi connectivity index (χ0v) is 21.2. The number of H-pyrrole nitrogens is 1. The van der Waals surface area contributed by atoms with E-state index in [0.29, 0.717) is 34.9 Å². The Labute approximate surface area is 216 Å². The lowest BCUT2D eigenvalue weighted by molar-refractivity contribution is 0.0949. The monoisotopic (exact) mass is 500 g/mol. The topological polar surface area (TPSA) is 107 Å². The summed E-state index contributed by atoms with van der Waals surface area (Å²) in [5.41, 5.74) is 4.22. The van der Waals surface area contributed by atoms with Crippen molar-refractivity contribution in [3.8, 4) is 34.1 Å². The normalized spacial score (nSPS) is 14.6. The van der Waals surface area contributed by atoms with Gasteiger partial charge in [0, 0.05) is 50.0 Å². The van der Waals surface area contributed by atoms with Gasteiger partial charge in [0.15, 0.2) is 0 Å². The SMILES string of the molecule is COc1ncccc1-c1ccc(O)c(-c2nc3ccc(C(=O)NCCCN4CCN(C)CC4)cc3[nH]2)c1. The third kappa shape index (κ3) is 5.58. The fourth-order valence-corrected chi connectivity index (χ4v) is 4.62. The lowest BCUT2D eigenvalue weighted by Gasteiger charge is -2.32. The van der Waals surface area contributed by atoms with E-state index >= 15 is 0 Å². The van der Waals surface area contributed by atoms with Gasteiger partial charge in [-0.15, -0.1) is 0 Å². The predicted molar refractivity (Wildman–Crippen MR) is 144 cm³/mol. The number of pyridine rings is 1. The van der Waals surface area contributed by atoms with Crippen molar-refractivity contribution in [2.45, 2.75) is 6.42 Å². The maximum atomic E-state index is 12.8. The molecule has 1 amide bonds. The summed E-state index contributed by atoms with van der Waals surface area (Å²) in [6.45, 7) is 5.98. The molecule has 0 unspecified atom stereocenters. The molecule has 0 atom stereocenters. The highest BCUT2D eigenvalue weighted by Gasteiger charge is 2.16. The van der Waals surface area contributed by atoms with Gasteiger partial charge in [-0.3, -0.25) is 4.79 Å². The van der Waals surface area contributed by atoms with Gasteiger partial charge < -0.3 is 29.9 Å². The Kier molecular flexibility index (Phi) is 7.34. The summed E-state index contributed by atoms with van der Waals surface area (Å²) in [6.07, 6.45) is 2.59. The number of nitrogens with zero attached hydrogens (tertiary/aromatic N) is 4. The molecule has 1 fully saturated rings. The number of piperazine rings is 1. The molecule has 1 aliphatic heterocycles. The molecule has 0 saturated carbocycles. The summed E-state index contributed by atoms with van der Waals surface area (Å²) in [4.78, 5) is 29.7. The third-order valence-electron chi connectivity index (χ3n) is 6.80. The number of phenolic OH excluding ortho intramolecular Hbond substituents is 1. The van der Waals surface area contributed by atoms with Crippen LogP contribution >= 0.6 is 0 Å². The fourth-order valence-electron chi connectivity index (χ4n) is 4.62. The minimum absolute atomic E-state index is 0.101. The van der Waals surface area contributed by atoms with Crippen LogP contribution in [-0.2, 0) is 0 Å². The number of benzene rings is 2. The summed E-state index contributed by atoms with van der Waals surface area (Å²) in [6, 6.07) is 14.4. The smallest absolute Gasteiger partial charge is 0.251 e. The molecular formula is C28H32N6O3. The Hall–Kier alpha value is -3.95. The summed E-state index contributed by atoms with van der Waals surface area (Å²) in [5.74, 6) is 1.01. The van der Waals surface area contributed by atoms with E-state index in [1.807, 2.05) is 30.3 Å². The molecule has 3 heterocycles. The first-order valence-electron chi connectivity index (χ1n) is 12.5. The van der Waals surface area contributed by atoms with Crippen molar-refractivity contribution in [3.05, 3.63) is 60.3 Å². The Morgan fingerprint density at radius 3 is 2.76 bits per heavy atom. The van der Waals surface area contributed by atoms with Gasteiger partial charge in [0.05, 0.1) is 23.7 Å². The van der Waals surface area contributed by atoms with Crippen molar-refractivity contribution in [2.75, 3.05) is 53.4 Å². The number of rotatable bonds is 8. The number of fused-ring (bicyclic) bond motifs is 1. The molecule has 2 aromatic heterocycles. The largest absolute Gasteiger partial charge is 0.507 e. The van der Waals surface area contributed by atoms with E-state index in [9.17, 15) is 9.90 Å². The number of phenols is 1. The van der Waals surface area contributed by atoms with E-state index in [1.54, 1.807) is 31.5 Å². The van der Waals surface area contributed by atoms with Crippen LogP contribution in [0.5, 0.6) is 11.6 Å². The molecule has 2 aromatic carbocycles. The number of likely N-dealkylation sites (N-methyl/N-ethyl adjacent to an activating group) is 1. The Morgan fingerprint density at radius 1 is 1.11 bits per heavy atom. The van der Waals surface area contributed by atoms with Crippen LogP contribution in [0.4, 0.5) is 0 Å². The quantitative estimate of drug-likeness (QED) is 0.319. The number of imidazole rings is 1. The highest BCUT2D eigenvalue weighted by Crippen LogP contribution is 2.35. The van der Waals surface area contributed by atoms with Crippen LogP contribution in [0.15, 0.2) is 54.7 Å². The number of aromatic hydroxyl groups is 1. The van der Waals surface area contributed by atoms with Gasteiger partial charge in [-0.1, -0.05) is 6.07 Å². The van der Waals surface area contributed by atoms with Crippen LogP contribution in [0.1, 0.15) is 16.8 Å². The molecule has 0 aliphatic carbocycles. The standard InChI is InChI=1S/C28H32N6O3/c1-33-13-15-34(16-14-33)12-4-11-29-27(36)20-6-8-23-24(18-20)32-26(31-23)22-17-19(7-9-25(22)35)21-5-3-10-30-28(21)37-2/h3,5-10,17-18,35H,4,11-16H2,1-2H3,(H,29,36)(H,31,32). The second-order valence-corrected chi connectivity index (χ2v) is 9.36. The third-order valence-corrected chi connectivity index (χ3v) is 6.80. The number of ether oxygens (including phenoxy) is 1. The van der Waals surface area contributed by atoms with Gasteiger partial charge in [0.25, 0.3) is 5.91 Å². The number of methoxy groups -OCH3 is 1. The van der Waals surface area contributed by atoms with Gasteiger partial charge in [0.2, 0.25) is 5.88 Å². The van der Waals surface area contributed by atoms with Crippen molar-refractivity contribution in [2.24, 2.45) is 0 Å². The first-order chi connectivity index (χ1) is 18.0. The van der Waals surface area contributed by atoms with E-state index in [-0.39, 0.29) is 11.7 Å². The molecule has 5 rings (SSSR count). The minimum atomic E-state index is -0.107. The number of hydrogen-bond acceptors (Lipinski definition) is 7. The van der Waals surface area contributed by atoms with E-state index < -0.39 is 0 Å². The van der Waals surface area contributed by atoms with Gasteiger partial charge in [-0.25, -0.2) is 9.97 Å². The molecule has 1 saturated heterocycles. The average molecular weight is 501 g/mol. The molecule has 0 bridgehead atoms. The predicted octanol–water partition coefficient (Wildman–Crippen LogP) is 3.37. The highest BCUT2D eigenvalue weighted by molar-refractivity contribution is 5.97. The summed E-state index contributed by atoms with van der Waals surface area (Å²) in [5, 5.41) is 13.6. The molecular weight excluding hydrogens is 468 g/mol. The number of hydrogen-bond donors (Lipinski definition) is 3.